The summed E-state index contributed by atoms with van der Waals surface area (Å²) in [6.07, 6.45) is 4.73. The van der Waals surface area contributed by atoms with Gasteiger partial charge in [-0.1, -0.05) is 53.5 Å². The lowest BCUT2D eigenvalue weighted by Crippen LogP contribution is -2.34. The zero-order chi connectivity index (χ0) is 27.4. The van der Waals surface area contributed by atoms with E-state index in [2.05, 4.69) is 6.08 Å². The first-order chi connectivity index (χ1) is 18.9. The second-order valence-electron chi connectivity index (χ2n) is 9.50. The first-order valence-electron chi connectivity index (χ1n) is 12.7. The van der Waals surface area contributed by atoms with Crippen molar-refractivity contribution in [1.82, 2.24) is 5.01 Å². The fourth-order valence-electron chi connectivity index (χ4n) is 5.02. The Bertz CT molecular complexity index is 1420. The summed E-state index contributed by atoms with van der Waals surface area (Å²) in [6, 6.07) is 18.2. The van der Waals surface area contributed by atoms with Gasteiger partial charge in [0.15, 0.2) is 12.4 Å². The van der Waals surface area contributed by atoms with Gasteiger partial charge in [-0.05, 0) is 77.8 Å². The molecule has 2 unspecified atom stereocenters. The highest BCUT2D eigenvalue weighted by Crippen LogP contribution is 2.44. The number of benzene rings is 2. The van der Waals surface area contributed by atoms with E-state index in [1.165, 1.54) is 16.3 Å². The van der Waals surface area contributed by atoms with Crippen LogP contribution in [0.25, 0.3) is 6.08 Å². The number of Topliss-reactive ketones (excluding diaryl/α,β-unsaturated/α-hetero) is 1. The normalized spacial score (nSPS) is 19.5. The fourth-order valence-corrected chi connectivity index (χ4v) is 5.96. The standard InChI is InChI=1S/C30H26Cl2N2O4S/c31-22-10-6-19(7-11-22)17-21-3-1-4-24-29(21)33-34(30(24)20-8-12-23(32)13-9-20)27(36)18-38-28(37)15-14-25(35)26-5-2-16-39-26/h2,5-13,16-17,24,30H,1,3-4,14-15,18H2/b21-17+. The number of fused-ring (bicyclic) bond motifs is 1. The molecule has 0 N–H and O–H groups in total. The smallest absolute Gasteiger partial charge is 0.306 e. The molecule has 1 aliphatic heterocycles. The molecule has 6 nitrogen and oxygen atoms in total. The number of hydrogen-bond donors (Lipinski definition) is 0. The average molecular weight is 582 g/mol. The largest absolute Gasteiger partial charge is 0.455 e. The maximum absolute atomic E-state index is 13.4. The van der Waals surface area contributed by atoms with E-state index >= 15 is 0 Å². The number of allylic oxidation sites excluding steroid dienone is 1. The van der Waals surface area contributed by atoms with Gasteiger partial charge in [0.05, 0.1) is 23.1 Å². The molecule has 1 amide bonds. The van der Waals surface area contributed by atoms with E-state index in [0.29, 0.717) is 14.9 Å². The van der Waals surface area contributed by atoms with Crippen LogP contribution >= 0.6 is 34.5 Å². The van der Waals surface area contributed by atoms with Gasteiger partial charge in [0.1, 0.15) is 0 Å². The molecule has 2 aliphatic rings. The highest BCUT2D eigenvalue weighted by Gasteiger charge is 2.43. The lowest BCUT2D eigenvalue weighted by Gasteiger charge is -2.29. The van der Waals surface area contributed by atoms with Crippen LogP contribution in [0.4, 0.5) is 0 Å². The van der Waals surface area contributed by atoms with Gasteiger partial charge in [-0.15, -0.1) is 11.3 Å². The Morgan fingerprint density at radius 1 is 1.00 bits per heavy atom. The average Bonchev–Trinajstić information content (AvgIpc) is 3.61. The number of hydrogen-bond acceptors (Lipinski definition) is 6. The van der Waals surface area contributed by atoms with Gasteiger partial charge < -0.3 is 4.74 Å². The third-order valence-corrected chi connectivity index (χ3v) is 8.30. The van der Waals surface area contributed by atoms with Gasteiger partial charge in [-0.25, -0.2) is 5.01 Å². The van der Waals surface area contributed by atoms with Crippen molar-refractivity contribution < 1.29 is 19.1 Å². The Labute approximate surface area is 240 Å². The molecule has 0 radical (unpaired) electrons. The topological polar surface area (TPSA) is 76.0 Å². The molecule has 9 heteroatoms. The number of ether oxygens (including phenoxy) is 1. The van der Waals surface area contributed by atoms with E-state index in [1.54, 1.807) is 24.3 Å². The van der Waals surface area contributed by atoms with Crippen LogP contribution in [-0.4, -0.2) is 35.0 Å². The quantitative estimate of drug-likeness (QED) is 0.205. The lowest BCUT2D eigenvalue weighted by molar-refractivity contribution is -0.153. The number of carbonyl (C=O) groups is 3. The van der Waals surface area contributed by atoms with Crippen LogP contribution in [0.1, 0.15) is 58.9 Å². The predicted octanol–water partition coefficient (Wildman–Crippen LogP) is 7.38. The second kappa shape index (κ2) is 12.3. The summed E-state index contributed by atoms with van der Waals surface area (Å²) in [4.78, 5) is 38.5. The molecule has 1 fully saturated rings. The van der Waals surface area contributed by atoms with Crippen molar-refractivity contribution in [3.05, 3.63) is 97.7 Å². The summed E-state index contributed by atoms with van der Waals surface area (Å²) < 4.78 is 5.28. The maximum atomic E-state index is 13.4. The first-order valence-corrected chi connectivity index (χ1v) is 14.4. The molecule has 1 aromatic heterocycles. The number of halogens is 2. The number of carbonyl (C=O) groups excluding carboxylic acids is 3. The molecular weight excluding hydrogens is 555 g/mol. The zero-order valence-electron chi connectivity index (χ0n) is 21.0. The summed E-state index contributed by atoms with van der Waals surface area (Å²) in [5.74, 6) is -1.13. The van der Waals surface area contributed by atoms with Crippen LogP contribution in [0, 0.1) is 5.92 Å². The Morgan fingerprint density at radius 3 is 2.41 bits per heavy atom. The number of thiophene rings is 1. The van der Waals surface area contributed by atoms with Crippen molar-refractivity contribution in [3.8, 4) is 0 Å². The van der Waals surface area contributed by atoms with Crippen molar-refractivity contribution in [3.63, 3.8) is 0 Å². The third kappa shape index (κ3) is 6.49. The SMILES string of the molecule is O=C(CCC(=O)c1cccs1)OCC(=O)N1N=C2/C(=C/c3ccc(Cl)cc3)CCCC2C1c1ccc(Cl)cc1. The molecule has 39 heavy (non-hydrogen) atoms. The molecule has 2 heterocycles. The van der Waals surface area contributed by atoms with E-state index in [9.17, 15) is 14.4 Å². The fraction of sp³-hybridized carbons (Fsp3) is 0.267. The number of amides is 1. The molecule has 5 rings (SSSR count). The molecule has 2 aromatic carbocycles. The maximum Gasteiger partial charge on any atom is 0.306 e. The van der Waals surface area contributed by atoms with E-state index in [1.807, 2.05) is 41.8 Å². The molecule has 0 spiro atoms. The number of nitrogens with zero attached hydrogens (tertiary/aromatic N) is 2. The minimum Gasteiger partial charge on any atom is -0.455 e. The highest BCUT2D eigenvalue weighted by molar-refractivity contribution is 7.12. The summed E-state index contributed by atoms with van der Waals surface area (Å²) in [6.45, 7) is -0.449. The van der Waals surface area contributed by atoms with Gasteiger partial charge in [0.2, 0.25) is 0 Å². The first kappa shape index (κ1) is 27.3. The van der Waals surface area contributed by atoms with Crippen molar-refractivity contribution >= 4 is 64.0 Å². The van der Waals surface area contributed by atoms with E-state index in [0.717, 1.165) is 41.7 Å². The molecule has 1 saturated carbocycles. The molecule has 2 atom stereocenters. The minimum atomic E-state index is -0.594. The van der Waals surface area contributed by atoms with Crippen LogP contribution in [0.5, 0.6) is 0 Å². The van der Waals surface area contributed by atoms with Crippen molar-refractivity contribution in [2.45, 2.75) is 38.1 Å². The van der Waals surface area contributed by atoms with Crippen LogP contribution in [0.3, 0.4) is 0 Å². The Balaban J connectivity index is 1.33. The van der Waals surface area contributed by atoms with Crippen molar-refractivity contribution in [1.29, 1.82) is 0 Å². The summed E-state index contributed by atoms with van der Waals surface area (Å²) in [7, 11) is 0. The monoisotopic (exact) mass is 580 g/mol. The minimum absolute atomic E-state index is 0.00143. The Hall–Kier alpha value is -3.26. The van der Waals surface area contributed by atoms with Crippen molar-refractivity contribution in [2.24, 2.45) is 11.0 Å². The van der Waals surface area contributed by atoms with Gasteiger partial charge in [0.25, 0.3) is 5.91 Å². The van der Waals surface area contributed by atoms with Gasteiger partial charge in [-0.3, -0.25) is 14.4 Å². The predicted molar refractivity (Wildman–Crippen MR) is 154 cm³/mol. The molecule has 0 bridgehead atoms. The van der Waals surface area contributed by atoms with E-state index in [4.69, 9.17) is 33.0 Å². The summed E-state index contributed by atoms with van der Waals surface area (Å²) in [5.41, 5.74) is 3.87. The number of ketones is 1. The van der Waals surface area contributed by atoms with E-state index in [-0.39, 0.29) is 30.6 Å². The lowest BCUT2D eigenvalue weighted by atomic mass is 9.77. The molecule has 200 valence electrons. The Morgan fingerprint density at radius 2 is 1.72 bits per heavy atom. The number of hydrazone groups is 1. The van der Waals surface area contributed by atoms with Crippen LogP contribution < -0.4 is 0 Å². The highest BCUT2D eigenvalue weighted by atomic mass is 35.5. The molecule has 3 aromatic rings. The van der Waals surface area contributed by atoms with Crippen LogP contribution in [-0.2, 0) is 14.3 Å². The van der Waals surface area contributed by atoms with Crippen molar-refractivity contribution in [2.75, 3.05) is 6.61 Å². The molecule has 0 saturated heterocycles. The van der Waals surface area contributed by atoms with Gasteiger partial charge >= 0.3 is 5.97 Å². The zero-order valence-corrected chi connectivity index (χ0v) is 23.3. The number of rotatable bonds is 8. The Kier molecular flexibility index (Phi) is 8.60. The number of esters is 1. The molecule has 1 aliphatic carbocycles. The van der Waals surface area contributed by atoms with Crippen LogP contribution in [0.2, 0.25) is 10.0 Å². The van der Waals surface area contributed by atoms with E-state index < -0.39 is 18.5 Å². The van der Waals surface area contributed by atoms with Crippen LogP contribution in [0.15, 0.2) is 76.7 Å². The molecular formula is C30H26Cl2N2O4S. The summed E-state index contributed by atoms with van der Waals surface area (Å²) >= 11 is 13.5. The summed E-state index contributed by atoms with van der Waals surface area (Å²) in [5, 5.41) is 9.34. The van der Waals surface area contributed by atoms with Gasteiger partial charge in [0, 0.05) is 22.4 Å². The second-order valence-corrected chi connectivity index (χ2v) is 11.3. The third-order valence-electron chi connectivity index (χ3n) is 6.89. The van der Waals surface area contributed by atoms with Gasteiger partial charge in [-0.2, -0.15) is 5.10 Å².